The molecular formula is C11H16N2O2S. The number of pyridine rings is 1. The maximum atomic E-state index is 11.6. The van der Waals surface area contributed by atoms with Gasteiger partial charge >= 0.3 is 5.97 Å². The van der Waals surface area contributed by atoms with Gasteiger partial charge < -0.3 is 10.5 Å². The van der Waals surface area contributed by atoms with Gasteiger partial charge in [-0.3, -0.25) is 4.79 Å². The highest BCUT2D eigenvalue weighted by atomic mass is 32.2. The lowest BCUT2D eigenvalue weighted by Gasteiger charge is -2.12. The van der Waals surface area contributed by atoms with Crippen LogP contribution in [-0.4, -0.2) is 22.8 Å². The standard InChI is InChI=1S/C11H16N2O2S/c1-3-9(11(14)15-4-2)16-10-6-5-8(12)7-13-10/h5-7,9H,3-4,12H2,1-2H3. The predicted octanol–water partition coefficient (Wildman–Crippen LogP) is 2.10. The zero-order valence-corrected chi connectivity index (χ0v) is 10.3. The molecule has 1 heterocycles. The second kappa shape index (κ2) is 6.37. The number of anilines is 1. The van der Waals surface area contributed by atoms with E-state index in [9.17, 15) is 4.79 Å². The highest BCUT2D eigenvalue weighted by Gasteiger charge is 2.19. The minimum atomic E-state index is -0.198. The van der Waals surface area contributed by atoms with Crippen molar-refractivity contribution in [3.05, 3.63) is 18.3 Å². The first kappa shape index (κ1) is 12.8. The van der Waals surface area contributed by atoms with Crippen LogP contribution in [0.5, 0.6) is 0 Å². The molecule has 0 saturated carbocycles. The monoisotopic (exact) mass is 240 g/mol. The lowest BCUT2D eigenvalue weighted by Crippen LogP contribution is -2.19. The van der Waals surface area contributed by atoms with Gasteiger partial charge in [-0.15, -0.1) is 0 Å². The average molecular weight is 240 g/mol. The van der Waals surface area contributed by atoms with Crippen molar-refractivity contribution in [2.45, 2.75) is 30.5 Å². The van der Waals surface area contributed by atoms with Crippen LogP contribution in [0.15, 0.2) is 23.4 Å². The molecule has 1 aromatic rings. The van der Waals surface area contributed by atoms with E-state index in [4.69, 9.17) is 10.5 Å². The third-order valence-corrected chi connectivity index (χ3v) is 3.24. The molecule has 0 bridgehead atoms. The molecule has 0 aliphatic rings. The summed E-state index contributed by atoms with van der Waals surface area (Å²) >= 11 is 1.40. The van der Waals surface area contributed by atoms with Crippen LogP contribution in [0.25, 0.3) is 0 Å². The van der Waals surface area contributed by atoms with Gasteiger partial charge in [0.25, 0.3) is 0 Å². The number of nitrogen functional groups attached to an aromatic ring is 1. The first-order valence-electron chi connectivity index (χ1n) is 5.22. The van der Waals surface area contributed by atoms with Gasteiger partial charge in [0.15, 0.2) is 0 Å². The molecule has 1 atom stereocenters. The van der Waals surface area contributed by atoms with Crippen molar-refractivity contribution in [3.8, 4) is 0 Å². The molecule has 88 valence electrons. The summed E-state index contributed by atoms with van der Waals surface area (Å²) in [7, 11) is 0. The Morgan fingerprint density at radius 2 is 2.31 bits per heavy atom. The van der Waals surface area contributed by atoms with Gasteiger partial charge in [-0.1, -0.05) is 18.7 Å². The Kier molecular flexibility index (Phi) is 5.11. The van der Waals surface area contributed by atoms with Crippen LogP contribution in [-0.2, 0) is 9.53 Å². The van der Waals surface area contributed by atoms with E-state index in [1.54, 1.807) is 19.2 Å². The van der Waals surface area contributed by atoms with Crippen LogP contribution in [0.3, 0.4) is 0 Å². The number of carbonyl (C=O) groups is 1. The number of hydrogen-bond donors (Lipinski definition) is 1. The molecule has 0 fully saturated rings. The number of hydrogen-bond acceptors (Lipinski definition) is 5. The van der Waals surface area contributed by atoms with Gasteiger partial charge in [0, 0.05) is 0 Å². The summed E-state index contributed by atoms with van der Waals surface area (Å²) in [5.74, 6) is -0.186. The molecule has 0 amide bonds. The first-order chi connectivity index (χ1) is 7.67. The quantitative estimate of drug-likeness (QED) is 0.630. The van der Waals surface area contributed by atoms with E-state index in [-0.39, 0.29) is 11.2 Å². The van der Waals surface area contributed by atoms with E-state index < -0.39 is 0 Å². The summed E-state index contributed by atoms with van der Waals surface area (Å²) in [5, 5.41) is 0.588. The van der Waals surface area contributed by atoms with E-state index in [0.29, 0.717) is 12.3 Å². The minimum absolute atomic E-state index is 0.186. The number of thioether (sulfide) groups is 1. The van der Waals surface area contributed by atoms with Gasteiger partial charge in [-0.2, -0.15) is 0 Å². The molecule has 2 N–H and O–H groups in total. The molecule has 0 aliphatic carbocycles. The summed E-state index contributed by atoms with van der Waals surface area (Å²) in [6.45, 7) is 4.16. The molecule has 0 aromatic carbocycles. The van der Waals surface area contributed by atoms with Crippen LogP contribution < -0.4 is 5.73 Å². The van der Waals surface area contributed by atoms with Crippen LogP contribution in [0, 0.1) is 0 Å². The predicted molar refractivity (Wildman–Crippen MR) is 65.2 cm³/mol. The number of aromatic nitrogens is 1. The molecule has 5 heteroatoms. The second-order valence-electron chi connectivity index (χ2n) is 3.20. The fraction of sp³-hybridized carbons (Fsp3) is 0.455. The summed E-state index contributed by atoms with van der Waals surface area (Å²) < 4.78 is 4.98. The zero-order valence-electron chi connectivity index (χ0n) is 9.47. The number of carbonyl (C=O) groups excluding carboxylic acids is 1. The Hall–Kier alpha value is -1.23. The summed E-state index contributed by atoms with van der Waals surface area (Å²) in [4.78, 5) is 15.7. The molecular weight excluding hydrogens is 224 g/mol. The van der Waals surface area contributed by atoms with Crippen molar-refractivity contribution in [3.63, 3.8) is 0 Å². The van der Waals surface area contributed by atoms with Crippen LogP contribution in [0.2, 0.25) is 0 Å². The van der Waals surface area contributed by atoms with Gasteiger partial charge in [0.1, 0.15) is 5.25 Å². The van der Waals surface area contributed by atoms with Crippen molar-refractivity contribution in [1.82, 2.24) is 4.98 Å². The van der Waals surface area contributed by atoms with E-state index in [1.165, 1.54) is 11.8 Å². The van der Waals surface area contributed by atoms with E-state index in [0.717, 1.165) is 11.4 Å². The average Bonchev–Trinajstić information content (AvgIpc) is 2.28. The van der Waals surface area contributed by atoms with E-state index >= 15 is 0 Å². The molecule has 0 spiro atoms. The Morgan fingerprint density at radius 1 is 1.56 bits per heavy atom. The third-order valence-electron chi connectivity index (χ3n) is 1.94. The van der Waals surface area contributed by atoms with Crippen LogP contribution in [0.4, 0.5) is 5.69 Å². The lowest BCUT2D eigenvalue weighted by molar-refractivity contribution is -0.142. The molecule has 4 nitrogen and oxygen atoms in total. The van der Waals surface area contributed by atoms with Gasteiger partial charge in [0.2, 0.25) is 0 Å². The molecule has 1 unspecified atom stereocenters. The molecule has 0 saturated heterocycles. The highest BCUT2D eigenvalue weighted by molar-refractivity contribution is 8.00. The van der Waals surface area contributed by atoms with Crippen molar-refractivity contribution in [1.29, 1.82) is 0 Å². The SMILES string of the molecule is CCOC(=O)C(CC)Sc1ccc(N)cn1. The fourth-order valence-corrected chi connectivity index (χ4v) is 2.02. The Bertz CT molecular complexity index is 340. The third kappa shape index (κ3) is 3.73. The van der Waals surface area contributed by atoms with Gasteiger partial charge in [-0.25, -0.2) is 4.98 Å². The highest BCUT2D eigenvalue weighted by Crippen LogP contribution is 2.24. The molecule has 1 rings (SSSR count). The molecule has 0 radical (unpaired) electrons. The van der Waals surface area contributed by atoms with E-state index in [2.05, 4.69) is 4.98 Å². The van der Waals surface area contributed by atoms with Crippen molar-refractivity contribution in [2.24, 2.45) is 0 Å². The number of nitrogens with zero attached hydrogens (tertiary/aromatic N) is 1. The van der Waals surface area contributed by atoms with Crippen molar-refractivity contribution < 1.29 is 9.53 Å². The molecule has 1 aromatic heterocycles. The van der Waals surface area contributed by atoms with Crippen molar-refractivity contribution in [2.75, 3.05) is 12.3 Å². The molecule has 0 aliphatic heterocycles. The smallest absolute Gasteiger partial charge is 0.319 e. The zero-order chi connectivity index (χ0) is 12.0. The minimum Gasteiger partial charge on any atom is -0.465 e. The van der Waals surface area contributed by atoms with Gasteiger partial charge in [0.05, 0.1) is 23.5 Å². The summed E-state index contributed by atoms with van der Waals surface area (Å²) in [6.07, 6.45) is 2.30. The topological polar surface area (TPSA) is 65.2 Å². The Morgan fingerprint density at radius 3 is 2.81 bits per heavy atom. The maximum Gasteiger partial charge on any atom is 0.319 e. The number of nitrogens with two attached hydrogens (primary N) is 1. The van der Waals surface area contributed by atoms with Crippen LogP contribution >= 0.6 is 11.8 Å². The summed E-state index contributed by atoms with van der Waals surface area (Å²) in [6, 6.07) is 3.58. The number of rotatable bonds is 5. The Labute approximate surface area is 99.6 Å². The summed E-state index contributed by atoms with van der Waals surface area (Å²) in [5.41, 5.74) is 6.15. The van der Waals surface area contributed by atoms with Crippen molar-refractivity contribution >= 4 is 23.4 Å². The number of esters is 1. The molecule has 16 heavy (non-hydrogen) atoms. The largest absolute Gasteiger partial charge is 0.465 e. The second-order valence-corrected chi connectivity index (χ2v) is 4.42. The van der Waals surface area contributed by atoms with Crippen LogP contribution in [0.1, 0.15) is 20.3 Å². The Balaban J connectivity index is 2.62. The first-order valence-corrected chi connectivity index (χ1v) is 6.10. The number of ether oxygens (including phenoxy) is 1. The lowest BCUT2D eigenvalue weighted by atomic mass is 10.3. The normalized spacial score (nSPS) is 12.1. The fourth-order valence-electron chi connectivity index (χ4n) is 1.14. The van der Waals surface area contributed by atoms with Gasteiger partial charge in [-0.05, 0) is 25.5 Å². The van der Waals surface area contributed by atoms with E-state index in [1.807, 2.05) is 13.0 Å². The maximum absolute atomic E-state index is 11.6.